The lowest BCUT2D eigenvalue weighted by Crippen LogP contribution is -2.15. The summed E-state index contributed by atoms with van der Waals surface area (Å²) in [6.45, 7) is 0. The predicted molar refractivity (Wildman–Crippen MR) is 290 cm³/mol. The van der Waals surface area contributed by atoms with E-state index in [1.807, 2.05) is 48.5 Å². The first-order chi connectivity index (χ1) is 37.0. The number of hydrogen-bond acceptors (Lipinski definition) is 4. The van der Waals surface area contributed by atoms with Crippen LogP contribution in [0.15, 0.2) is 218 Å². The highest BCUT2D eigenvalue weighted by Gasteiger charge is 2.29. The second kappa shape index (κ2) is 19.0. The van der Waals surface area contributed by atoms with Crippen LogP contribution in [0, 0.1) is 57.6 Å². The van der Waals surface area contributed by atoms with Crippen LogP contribution in [0.2, 0.25) is 0 Å². The van der Waals surface area contributed by atoms with Crippen molar-refractivity contribution >= 4 is 66.4 Å². The number of halogens is 6. The zero-order chi connectivity index (χ0) is 52.2. The van der Waals surface area contributed by atoms with Gasteiger partial charge in [0.25, 0.3) is 0 Å². The summed E-state index contributed by atoms with van der Waals surface area (Å²) < 4.78 is 96.4. The summed E-state index contributed by atoms with van der Waals surface area (Å²) in [4.78, 5) is 3.06. The standard InChI is InChI=1S/C66H36F6N4/c67-51-21-13-41(14-22-51)45-17-25-55(69)61(31-45)75(63-33-47(19-27-57(63)71)43-7-1-5-39(29-43)37-73)59-35-49-9-4-12-54-60(36-50-10-3-11-53(59)65(50)66(49)54)76(62-32-46(18-26-56(62)70)42-15-23-52(68)24-16-42)64-34-48(20-28-58(64)72)44-8-2-6-40(30-44)38-74/h1-36H. The molecule has 10 heteroatoms. The summed E-state index contributed by atoms with van der Waals surface area (Å²) in [6, 6.07) is 62.3. The van der Waals surface area contributed by atoms with E-state index in [-0.39, 0.29) is 22.7 Å². The second-order valence-electron chi connectivity index (χ2n) is 18.3. The van der Waals surface area contributed by atoms with Crippen LogP contribution in [-0.2, 0) is 0 Å². The normalized spacial score (nSPS) is 11.3. The Morgan fingerprint density at radius 2 is 0.579 bits per heavy atom. The summed E-state index contributed by atoms with van der Waals surface area (Å²) in [7, 11) is 0. The predicted octanol–water partition coefficient (Wildman–Crippen LogP) is 18.8. The Kier molecular flexibility index (Phi) is 11.7. The molecule has 0 fully saturated rings. The van der Waals surface area contributed by atoms with Crippen LogP contribution in [0.25, 0.3) is 76.8 Å². The van der Waals surface area contributed by atoms with Crippen molar-refractivity contribution in [1.29, 1.82) is 10.5 Å². The van der Waals surface area contributed by atoms with Gasteiger partial charge in [0.2, 0.25) is 0 Å². The summed E-state index contributed by atoms with van der Waals surface area (Å²) in [5, 5.41) is 23.3. The molecule has 0 saturated heterocycles. The smallest absolute Gasteiger partial charge is 0.147 e. The molecule has 0 radical (unpaired) electrons. The Balaban J connectivity index is 1.13. The van der Waals surface area contributed by atoms with E-state index in [1.54, 1.807) is 121 Å². The van der Waals surface area contributed by atoms with Crippen molar-refractivity contribution < 1.29 is 26.3 Å². The Labute approximate surface area is 432 Å². The average molecular weight is 999 g/mol. The van der Waals surface area contributed by atoms with Gasteiger partial charge < -0.3 is 9.80 Å². The summed E-state index contributed by atoms with van der Waals surface area (Å²) in [5.41, 5.74) is 6.14. The minimum Gasteiger partial charge on any atom is -0.304 e. The highest BCUT2D eigenvalue weighted by Crippen LogP contribution is 2.51. The Morgan fingerprint density at radius 1 is 0.276 bits per heavy atom. The molecule has 0 N–H and O–H groups in total. The van der Waals surface area contributed by atoms with Gasteiger partial charge in [0.1, 0.15) is 34.9 Å². The molecule has 0 heterocycles. The van der Waals surface area contributed by atoms with E-state index in [2.05, 4.69) is 12.1 Å². The zero-order valence-electron chi connectivity index (χ0n) is 39.8. The monoisotopic (exact) mass is 998 g/mol. The summed E-state index contributed by atoms with van der Waals surface area (Å²) in [5.74, 6) is -3.61. The molecule has 0 atom stereocenters. The molecular weight excluding hydrogens is 963 g/mol. The highest BCUT2D eigenvalue weighted by molar-refractivity contribution is 6.29. The first-order valence-corrected chi connectivity index (χ1v) is 24.1. The van der Waals surface area contributed by atoms with Gasteiger partial charge in [0.05, 0.1) is 57.4 Å². The van der Waals surface area contributed by atoms with Crippen LogP contribution in [-0.4, -0.2) is 0 Å². The molecule has 0 amide bonds. The third kappa shape index (κ3) is 8.34. The molecule has 4 nitrogen and oxygen atoms in total. The van der Waals surface area contributed by atoms with E-state index in [0.717, 1.165) is 0 Å². The van der Waals surface area contributed by atoms with Gasteiger partial charge in [-0.2, -0.15) is 10.5 Å². The van der Waals surface area contributed by atoms with Crippen molar-refractivity contribution in [2.75, 3.05) is 9.80 Å². The fourth-order valence-electron chi connectivity index (χ4n) is 10.2. The molecule has 12 aromatic carbocycles. The molecule has 0 aliphatic heterocycles. The SMILES string of the molecule is N#Cc1cccc(-c2ccc(F)c(N(c3cc(-c4ccc(F)cc4)ccc3F)c3cc4cccc5c(N(c6cc(-c7ccc(F)cc7)ccc6F)c6cc(-c7cccc(C#N)c7)ccc6F)cc6cccc3c6c45)c2)c1. The summed E-state index contributed by atoms with van der Waals surface area (Å²) >= 11 is 0. The molecule has 0 bridgehead atoms. The van der Waals surface area contributed by atoms with Gasteiger partial charge >= 0.3 is 0 Å². The number of nitriles is 2. The van der Waals surface area contributed by atoms with Crippen LogP contribution in [0.1, 0.15) is 11.1 Å². The molecule has 0 aliphatic carbocycles. The first kappa shape index (κ1) is 46.9. The maximum Gasteiger partial charge on any atom is 0.147 e. The molecule has 0 saturated carbocycles. The lowest BCUT2D eigenvalue weighted by molar-refractivity contribution is 0.619. The van der Waals surface area contributed by atoms with Crippen molar-refractivity contribution in [2.24, 2.45) is 0 Å². The van der Waals surface area contributed by atoms with Gasteiger partial charge in [0.15, 0.2) is 0 Å². The lowest BCUT2D eigenvalue weighted by Gasteiger charge is -2.31. The molecule has 76 heavy (non-hydrogen) atoms. The Bertz CT molecular complexity index is 4070. The third-order valence-corrected chi connectivity index (χ3v) is 13.8. The van der Waals surface area contributed by atoms with Gasteiger partial charge in [-0.25, -0.2) is 26.3 Å². The first-order valence-electron chi connectivity index (χ1n) is 24.1. The van der Waals surface area contributed by atoms with Crippen LogP contribution in [0.5, 0.6) is 0 Å². The van der Waals surface area contributed by atoms with Gasteiger partial charge in [-0.15, -0.1) is 0 Å². The summed E-state index contributed by atoms with van der Waals surface area (Å²) in [6.07, 6.45) is 0. The molecule has 362 valence electrons. The van der Waals surface area contributed by atoms with Crippen molar-refractivity contribution in [1.82, 2.24) is 0 Å². The maximum absolute atomic E-state index is 17.0. The number of benzene rings is 12. The van der Waals surface area contributed by atoms with E-state index >= 15 is 17.6 Å². The van der Waals surface area contributed by atoms with E-state index in [9.17, 15) is 19.3 Å². The highest BCUT2D eigenvalue weighted by atomic mass is 19.1. The number of nitrogens with zero attached hydrogens (tertiary/aromatic N) is 4. The third-order valence-electron chi connectivity index (χ3n) is 13.8. The molecule has 12 aromatic rings. The molecule has 0 spiro atoms. The molecule has 0 aromatic heterocycles. The van der Waals surface area contributed by atoms with E-state index in [0.29, 0.717) is 99.3 Å². The van der Waals surface area contributed by atoms with E-state index in [4.69, 9.17) is 0 Å². The largest absolute Gasteiger partial charge is 0.304 e. The van der Waals surface area contributed by atoms with Crippen LogP contribution >= 0.6 is 0 Å². The van der Waals surface area contributed by atoms with Gasteiger partial charge in [-0.1, -0.05) is 109 Å². The molecule has 0 unspecified atom stereocenters. The zero-order valence-corrected chi connectivity index (χ0v) is 39.8. The van der Waals surface area contributed by atoms with Crippen molar-refractivity contribution in [3.05, 3.63) is 264 Å². The number of hydrogen-bond donors (Lipinski definition) is 0. The molecule has 12 rings (SSSR count). The molecular formula is C66H36F6N4. The lowest BCUT2D eigenvalue weighted by atomic mass is 9.90. The number of rotatable bonds is 10. The Hall–Kier alpha value is -10.2. The van der Waals surface area contributed by atoms with Crippen LogP contribution in [0.3, 0.4) is 0 Å². The van der Waals surface area contributed by atoms with Crippen LogP contribution < -0.4 is 9.80 Å². The van der Waals surface area contributed by atoms with Crippen LogP contribution in [0.4, 0.5) is 60.5 Å². The minimum atomic E-state index is -0.682. The minimum absolute atomic E-state index is 0.0103. The quantitative estimate of drug-likeness (QED) is 0.101. The van der Waals surface area contributed by atoms with Crippen molar-refractivity contribution in [3.8, 4) is 56.6 Å². The van der Waals surface area contributed by atoms with Gasteiger partial charge in [-0.05, 0) is 175 Å². The van der Waals surface area contributed by atoms with Crippen molar-refractivity contribution in [2.45, 2.75) is 0 Å². The number of anilines is 6. The Morgan fingerprint density at radius 3 is 0.921 bits per heavy atom. The molecule has 0 aliphatic rings. The maximum atomic E-state index is 17.0. The van der Waals surface area contributed by atoms with Gasteiger partial charge in [0, 0.05) is 10.8 Å². The average Bonchev–Trinajstić information content (AvgIpc) is 3.59. The van der Waals surface area contributed by atoms with E-state index < -0.39 is 34.9 Å². The fourth-order valence-corrected chi connectivity index (χ4v) is 10.2. The van der Waals surface area contributed by atoms with Crippen molar-refractivity contribution in [3.63, 3.8) is 0 Å². The second-order valence-corrected chi connectivity index (χ2v) is 18.3. The topological polar surface area (TPSA) is 54.1 Å². The fraction of sp³-hybridized carbons (Fsp3) is 0. The van der Waals surface area contributed by atoms with E-state index in [1.165, 1.54) is 58.3 Å². The van der Waals surface area contributed by atoms with Gasteiger partial charge in [-0.3, -0.25) is 0 Å².